The van der Waals surface area contributed by atoms with Crippen LogP contribution < -0.4 is 10.2 Å². The van der Waals surface area contributed by atoms with Crippen molar-refractivity contribution >= 4 is 17.5 Å². The highest BCUT2D eigenvalue weighted by atomic mass is 19.1. The first-order valence-corrected chi connectivity index (χ1v) is 7.84. The molecule has 0 amide bonds. The van der Waals surface area contributed by atoms with Gasteiger partial charge in [0.25, 0.3) is 0 Å². The second-order valence-corrected chi connectivity index (χ2v) is 5.73. The lowest BCUT2D eigenvalue weighted by molar-refractivity contribution is 0.628. The molecule has 22 heavy (non-hydrogen) atoms. The number of nitrogens with one attached hydrogen (secondary N) is 1. The number of hydrogen-bond acceptors (Lipinski definition) is 4. The SMILES string of the molecule is Cc1cc(Nc2ccc(F)cc2)nc(N2CCCCCC2)n1. The molecule has 0 atom stereocenters. The van der Waals surface area contributed by atoms with Crippen LogP contribution in [0.5, 0.6) is 0 Å². The molecule has 0 unspecified atom stereocenters. The lowest BCUT2D eigenvalue weighted by Gasteiger charge is -2.21. The van der Waals surface area contributed by atoms with E-state index in [0.717, 1.165) is 36.2 Å². The van der Waals surface area contributed by atoms with Crippen LogP contribution in [0.15, 0.2) is 30.3 Å². The van der Waals surface area contributed by atoms with Crippen molar-refractivity contribution < 1.29 is 4.39 Å². The van der Waals surface area contributed by atoms with Gasteiger partial charge in [-0.25, -0.2) is 9.37 Å². The van der Waals surface area contributed by atoms with Crippen molar-refractivity contribution in [2.75, 3.05) is 23.3 Å². The molecule has 116 valence electrons. The highest BCUT2D eigenvalue weighted by Gasteiger charge is 2.13. The predicted molar refractivity (Wildman–Crippen MR) is 87.1 cm³/mol. The van der Waals surface area contributed by atoms with Crippen LogP contribution in [0.3, 0.4) is 0 Å². The van der Waals surface area contributed by atoms with Crippen molar-refractivity contribution in [3.8, 4) is 0 Å². The summed E-state index contributed by atoms with van der Waals surface area (Å²) in [6, 6.07) is 8.19. The third kappa shape index (κ3) is 3.72. The van der Waals surface area contributed by atoms with E-state index in [2.05, 4.69) is 20.2 Å². The Morgan fingerprint density at radius 2 is 1.68 bits per heavy atom. The second-order valence-electron chi connectivity index (χ2n) is 5.73. The average Bonchev–Trinajstić information content (AvgIpc) is 2.78. The van der Waals surface area contributed by atoms with Crippen LogP contribution in [0.4, 0.5) is 21.8 Å². The van der Waals surface area contributed by atoms with Crippen molar-refractivity contribution in [2.24, 2.45) is 0 Å². The Morgan fingerprint density at radius 3 is 2.36 bits per heavy atom. The number of aromatic nitrogens is 2. The van der Waals surface area contributed by atoms with Gasteiger partial charge in [-0.3, -0.25) is 0 Å². The minimum atomic E-state index is -0.241. The quantitative estimate of drug-likeness (QED) is 0.928. The molecule has 5 heteroatoms. The number of halogens is 1. The summed E-state index contributed by atoms with van der Waals surface area (Å²) >= 11 is 0. The Balaban J connectivity index is 1.81. The van der Waals surface area contributed by atoms with Crippen molar-refractivity contribution in [3.63, 3.8) is 0 Å². The van der Waals surface area contributed by atoms with E-state index in [1.54, 1.807) is 12.1 Å². The zero-order chi connectivity index (χ0) is 15.4. The van der Waals surface area contributed by atoms with Gasteiger partial charge in [-0.2, -0.15) is 4.98 Å². The Hall–Kier alpha value is -2.17. The van der Waals surface area contributed by atoms with Gasteiger partial charge in [0, 0.05) is 30.5 Å². The van der Waals surface area contributed by atoms with E-state index in [4.69, 9.17) is 0 Å². The molecule has 2 heterocycles. The first kappa shape index (κ1) is 14.8. The van der Waals surface area contributed by atoms with Crippen molar-refractivity contribution in [1.82, 2.24) is 9.97 Å². The second kappa shape index (κ2) is 6.73. The lowest BCUT2D eigenvalue weighted by Crippen LogP contribution is -2.26. The molecule has 0 saturated carbocycles. The topological polar surface area (TPSA) is 41.1 Å². The summed E-state index contributed by atoms with van der Waals surface area (Å²) in [7, 11) is 0. The fourth-order valence-corrected chi connectivity index (χ4v) is 2.71. The molecule has 1 aliphatic rings. The largest absolute Gasteiger partial charge is 0.341 e. The van der Waals surface area contributed by atoms with Gasteiger partial charge in [0.2, 0.25) is 5.95 Å². The zero-order valence-corrected chi connectivity index (χ0v) is 12.8. The van der Waals surface area contributed by atoms with Crippen LogP contribution in [-0.4, -0.2) is 23.1 Å². The van der Waals surface area contributed by atoms with Crippen LogP contribution in [0, 0.1) is 12.7 Å². The maximum atomic E-state index is 13.0. The third-order valence-corrected chi connectivity index (χ3v) is 3.85. The van der Waals surface area contributed by atoms with E-state index >= 15 is 0 Å². The van der Waals surface area contributed by atoms with Gasteiger partial charge in [-0.15, -0.1) is 0 Å². The molecule has 1 aromatic carbocycles. The molecule has 4 nitrogen and oxygen atoms in total. The maximum Gasteiger partial charge on any atom is 0.227 e. The molecule has 1 aromatic heterocycles. The number of hydrogen-bond donors (Lipinski definition) is 1. The normalized spacial score (nSPS) is 15.5. The Labute approximate surface area is 130 Å². The summed E-state index contributed by atoms with van der Waals surface area (Å²) in [6.07, 6.45) is 4.95. The average molecular weight is 300 g/mol. The van der Waals surface area contributed by atoms with Gasteiger partial charge in [0.05, 0.1) is 0 Å². The van der Waals surface area contributed by atoms with Crippen LogP contribution >= 0.6 is 0 Å². The standard InChI is InChI=1S/C17H21FN4/c1-13-12-16(20-15-8-6-14(18)7-9-15)21-17(19-13)22-10-4-2-3-5-11-22/h6-9,12H,2-5,10-11H2,1H3,(H,19,20,21). The Morgan fingerprint density at radius 1 is 1.00 bits per heavy atom. The fraction of sp³-hybridized carbons (Fsp3) is 0.412. The van der Waals surface area contributed by atoms with Gasteiger partial charge in [0.15, 0.2) is 0 Å². The molecular weight excluding hydrogens is 279 g/mol. The highest BCUT2D eigenvalue weighted by molar-refractivity contribution is 5.57. The van der Waals surface area contributed by atoms with Crippen LogP contribution in [0.1, 0.15) is 31.4 Å². The molecule has 1 N–H and O–H groups in total. The van der Waals surface area contributed by atoms with Gasteiger partial charge in [0.1, 0.15) is 11.6 Å². The van der Waals surface area contributed by atoms with Gasteiger partial charge >= 0.3 is 0 Å². The van der Waals surface area contributed by atoms with Crippen LogP contribution in [0.25, 0.3) is 0 Å². The Bertz CT molecular complexity index is 619. The summed E-state index contributed by atoms with van der Waals surface area (Å²) in [5, 5.41) is 3.22. The van der Waals surface area contributed by atoms with E-state index in [1.165, 1.54) is 37.8 Å². The molecule has 0 radical (unpaired) electrons. The van der Waals surface area contributed by atoms with E-state index in [9.17, 15) is 4.39 Å². The fourth-order valence-electron chi connectivity index (χ4n) is 2.71. The molecule has 0 bridgehead atoms. The minimum Gasteiger partial charge on any atom is -0.341 e. The van der Waals surface area contributed by atoms with E-state index in [1.807, 2.05) is 13.0 Å². The smallest absolute Gasteiger partial charge is 0.227 e. The van der Waals surface area contributed by atoms with E-state index in [0.29, 0.717) is 0 Å². The molecule has 0 spiro atoms. The van der Waals surface area contributed by atoms with Crippen LogP contribution in [-0.2, 0) is 0 Å². The predicted octanol–water partition coefficient (Wildman–Crippen LogP) is 4.05. The van der Waals surface area contributed by atoms with E-state index in [-0.39, 0.29) is 5.82 Å². The summed E-state index contributed by atoms with van der Waals surface area (Å²) < 4.78 is 13.0. The molecule has 1 fully saturated rings. The summed E-state index contributed by atoms with van der Waals surface area (Å²) in [5.74, 6) is 1.29. The number of rotatable bonds is 3. The number of benzene rings is 1. The first-order valence-electron chi connectivity index (χ1n) is 7.84. The van der Waals surface area contributed by atoms with Gasteiger partial charge < -0.3 is 10.2 Å². The van der Waals surface area contributed by atoms with E-state index < -0.39 is 0 Å². The van der Waals surface area contributed by atoms with Crippen LogP contribution in [0.2, 0.25) is 0 Å². The molecule has 1 saturated heterocycles. The maximum absolute atomic E-state index is 13.0. The lowest BCUT2D eigenvalue weighted by atomic mass is 10.2. The minimum absolute atomic E-state index is 0.241. The molecule has 2 aromatic rings. The molecule has 0 aliphatic carbocycles. The number of nitrogens with zero attached hydrogens (tertiary/aromatic N) is 3. The van der Waals surface area contributed by atoms with Crippen molar-refractivity contribution in [3.05, 3.63) is 41.8 Å². The first-order chi connectivity index (χ1) is 10.7. The Kier molecular flexibility index (Phi) is 4.51. The monoisotopic (exact) mass is 300 g/mol. The number of aryl methyl sites for hydroxylation is 1. The molecule has 1 aliphatic heterocycles. The molecule has 3 rings (SSSR count). The summed E-state index contributed by atoms with van der Waals surface area (Å²) in [6.45, 7) is 4.00. The van der Waals surface area contributed by atoms with Crippen molar-refractivity contribution in [2.45, 2.75) is 32.6 Å². The van der Waals surface area contributed by atoms with Gasteiger partial charge in [-0.05, 0) is 44.0 Å². The molecular formula is C17H21FN4. The third-order valence-electron chi connectivity index (χ3n) is 3.85. The summed E-state index contributed by atoms with van der Waals surface area (Å²) in [4.78, 5) is 11.5. The highest BCUT2D eigenvalue weighted by Crippen LogP contribution is 2.21. The summed E-state index contributed by atoms with van der Waals surface area (Å²) in [5.41, 5.74) is 1.75. The van der Waals surface area contributed by atoms with Gasteiger partial charge in [-0.1, -0.05) is 12.8 Å². The number of anilines is 3. The van der Waals surface area contributed by atoms with Crippen molar-refractivity contribution in [1.29, 1.82) is 0 Å². The zero-order valence-electron chi connectivity index (χ0n) is 12.8.